The summed E-state index contributed by atoms with van der Waals surface area (Å²) in [5.74, 6) is -0.0881. The lowest BCUT2D eigenvalue weighted by Gasteiger charge is -2.10. The quantitative estimate of drug-likeness (QED) is 0.688. The van der Waals surface area contributed by atoms with E-state index >= 15 is 0 Å². The number of nitrogens with zero attached hydrogens (tertiary/aromatic N) is 1. The van der Waals surface area contributed by atoms with E-state index in [4.69, 9.17) is 20.8 Å². The van der Waals surface area contributed by atoms with Crippen LogP contribution in [0.5, 0.6) is 5.75 Å². The Bertz CT molecular complexity index is 1120. The molecular weight excluding hydrogens is 380 g/mol. The van der Waals surface area contributed by atoms with Crippen LogP contribution in [0.15, 0.2) is 50.5 Å². The van der Waals surface area contributed by atoms with Gasteiger partial charge in [-0.15, -0.1) is 0 Å². The lowest BCUT2D eigenvalue weighted by molar-refractivity contribution is 0.414. The molecule has 0 saturated carbocycles. The zero-order valence-corrected chi connectivity index (χ0v) is 15.7. The first kappa shape index (κ1) is 18.3. The van der Waals surface area contributed by atoms with Crippen LogP contribution < -0.4 is 15.2 Å². The molecule has 0 aliphatic carbocycles. The van der Waals surface area contributed by atoms with Crippen LogP contribution in [0.4, 0.5) is 5.69 Å². The van der Waals surface area contributed by atoms with Crippen molar-refractivity contribution in [1.29, 1.82) is 0 Å². The summed E-state index contributed by atoms with van der Waals surface area (Å²) < 4.78 is 39.3. The van der Waals surface area contributed by atoms with Gasteiger partial charge in [-0.3, -0.25) is 9.29 Å². The number of sulfonamides is 1. The summed E-state index contributed by atoms with van der Waals surface area (Å²) >= 11 is 6.00. The van der Waals surface area contributed by atoms with E-state index in [1.165, 1.54) is 35.9 Å². The molecule has 26 heavy (non-hydrogen) atoms. The number of hydrogen-bond acceptors (Lipinski definition) is 5. The summed E-state index contributed by atoms with van der Waals surface area (Å²) in [5, 5.41) is 0.188. The number of aromatic nitrogens is 1. The van der Waals surface area contributed by atoms with Crippen molar-refractivity contribution in [3.8, 4) is 5.75 Å². The molecule has 0 saturated heterocycles. The number of aryl methyl sites for hydroxylation is 1. The topological polar surface area (TPSA) is 90.5 Å². The highest BCUT2D eigenvalue weighted by atomic mass is 35.5. The molecule has 0 spiro atoms. The molecule has 2 aromatic carbocycles. The van der Waals surface area contributed by atoms with Gasteiger partial charge in [-0.25, -0.2) is 13.2 Å². The van der Waals surface area contributed by atoms with Gasteiger partial charge in [0.25, 0.3) is 10.0 Å². The maximum atomic E-state index is 12.6. The largest absolute Gasteiger partial charge is 0.495 e. The normalized spacial score (nSPS) is 11.7. The summed E-state index contributed by atoms with van der Waals surface area (Å²) in [6, 6.07) is 8.87. The molecule has 1 aromatic heterocycles. The maximum absolute atomic E-state index is 12.6. The van der Waals surface area contributed by atoms with Crippen LogP contribution in [0, 0.1) is 0 Å². The second kappa shape index (κ2) is 7.05. The Morgan fingerprint density at radius 1 is 1.23 bits per heavy atom. The molecular formula is C17H17ClN2O5S. The second-order valence-electron chi connectivity index (χ2n) is 5.60. The van der Waals surface area contributed by atoms with Crippen molar-refractivity contribution in [2.75, 3.05) is 11.8 Å². The summed E-state index contributed by atoms with van der Waals surface area (Å²) in [6.45, 7) is 2.48. The number of ether oxygens (including phenoxy) is 1. The van der Waals surface area contributed by atoms with Crippen molar-refractivity contribution in [1.82, 2.24) is 4.57 Å². The van der Waals surface area contributed by atoms with Crippen LogP contribution >= 0.6 is 11.6 Å². The lowest BCUT2D eigenvalue weighted by atomic mass is 10.3. The molecule has 0 bridgehead atoms. The Morgan fingerprint density at radius 2 is 2.00 bits per heavy atom. The minimum absolute atomic E-state index is 0.00611. The molecule has 0 aliphatic heterocycles. The van der Waals surface area contributed by atoms with E-state index in [1.807, 2.05) is 6.92 Å². The fraction of sp³-hybridized carbons (Fsp3) is 0.235. The molecule has 7 nitrogen and oxygen atoms in total. The van der Waals surface area contributed by atoms with E-state index < -0.39 is 15.8 Å². The van der Waals surface area contributed by atoms with Gasteiger partial charge in [0.05, 0.1) is 28.2 Å². The van der Waals surface area contributed by atoms with Crippen LogP contribution in [0.1, 0.15) is 13.3 Å². The molecule has 0 radical (unpaired) electrons. The fourth-order valence-electron chi connectivity index (χ4n) is 2.59. The van der Waals surface area contributed by atoms with Gasteiger partial charge in [-0.1, -0.05) is 18.5 Å². The second-order valence-corrected chi connectivity index (χ2v) is 7.69. The van der Waals surface area contributed by atoms with Crippen molar-refractivity contribution >= 4 is 38.4 Å². The average Bonchev–Trinajstić information content (AvgIpc) is 2.89. The van der Waals surface area contributed by atoms with Gasteiger partial charge >= 0.3 is 5.76 Å². The summed E-state index contributed by atoms with van der Waals surface area (Å²) in [4.78, 5) is 11.9. The molecule has 9 heteroatoms. The third-order valence-electron chi connectivity index (χ3n) is 3.80. The Labute approximate surface area is 155 Å². The average molecular weight is 397 g/mol. The molecule has 0 atom stereocenters. The Kier molecular flexibility index (Phi) is 4.97. The molecule has 3 aromatic rings. The van der Waals surface area contributed by atoms with E-state index in [0.29, 0.717) is 23.4 Å². The number of benzene rings is 2. The Hall–Kier alpha value is -2.45. The van der Waals surface area contributed by atoms with Crippen LogP contribution in [-0.4, -0.2) is 20.1 Å². The molecule has 3 rings (SSSR count). The van der Waals surface area contributed by atoms with Crippen molar-refractivity contribution in [2.24, 2.45) is 0 Å². The van der Waals surface area contributed by atoms with Crippen LogP contribution in [0.3, 0.4) is 0 Å². The fourth-order valence-corrected chi connectivity index (χ4v) is 3.99. The van der Waals surface area contributed by atoms with Crippen molar-refractivity contribution < 1.29 is 17.6 Å². The monoisotopic (exact) mass is 396 g/mol. The molecule has 0 amide bonds. The predicted octanol–water partition coefficient (Wildman–Crippen LogP) is 3.47. The van der Waals surface area contributed by atoms with Gasteiger partial charge in [0.1, 0.15) is 5.75 Å². The number of nitrogens with one attached hydrogen (secondary N) is 1. The number of halogens is 1. The number of anilines is 1. The maximum Gasteiger partial charge on any atom is 0.419 e. The van der Waals surface area contributed by atoms with E-state index in [1.54, 1.807) is 12.1 Å². The first-order valence-electron chi connectivity index (χ1n) is 7.85. The van der Waals surface area contributed by atoms with Crippen molar-refractivity contribution in [2.45, 2.75) is 24.8 Å². The number of rotatable bonds is 6. The zero-order chi connectivity index (χ0) is 18.9. The van der Waals surface area contributed by atoms with Crippen molar-refractivity contribution in [3.05, 3.63) is 52.0 Å². The molecule has 1 heterocycles. The summed E-state index contributed by atoms with van der Waals surface area (Å²) in [7, 11) is -2.41. The van der Waals surface area contributed by atoms with E-state index in [-0.39, 0.29) is 15.6 Å². The molecule has 0 fully saturated rings. The third-order valence-corrected chi connectivity index (χ3v) is 5.48. The lowest BCUT2D eigenvalue weighted by Crippen LogP contribution is -2.13. The molecule has 0 unspecified atom stereocenters. The highest BCUT2D eigenvalue weighted by Gasteiger charge is 2.17. The van der Waals surface area contributed by atoms with E-state index in [2.05, 4.69) is 4.72 Å². The standard InChI is InChI=1S/C17H17ClN2O5S/c1-3-8-20-14-6-4-11(9-16(14)25-17(20)21)19-26(22,23)12-5-7-15(24-2)13(18)10-12/h4-7,9-10,19H,3,8H2,1-2H3. The van der Waals surface area contributed by atoms with E-state index in [9.17, 15) is 13.2 Å². The zero-order valence-electron chi connectivity index (χ0n) is 14.2. The third kappa shape index (κ3) is 3.42. The minimum atomic E-state index is -3.86. The van der Waals surface area contributed by atoms with Gasteiger partial charge in [0, 0.05) is 12.6 Å². The summed E-state index contributed by atoms with van der Waals surface area (Å²) in [5.41, 5.74) is 1.21. The van der Waals surface area contributed by atoms with Crippen LogP contribution in [0.2, 0.25) is 5.02 Å². The molecule has 138 valence electrons. The highest BCUT2D eigenvalue weighted by Crippen LogP contribution is 2.28. The van der Waals surface area contributed by atoms with Gasteiger partial charge in [0.2, 0.25) is 0 Å². The highest BCUT2D eigenvalue weighted by molar-refractivity contribution is 7.92. The number of methoxy groups -OCH3 is 1. The first-order chi connectivity index (χ1) is 12.4. The molecule has 1 N–H and O–H groups in total. The first-order valence-corrected chi connectivity index (χ1v) is 9.71. The van der Waals surface area contributed by atoms with Crippen molar-refractivity contribution in [3.63, 3.8) is 0 Å². The number of fused-ring (bicyclic) bond motifs is 1. The Morgan fingerprint density at radius 3 is 2.65 bits per heavy atom. The van der Waals surface area contributed by atoms with Gasteiger partial charge in [-0.2, -0.15) is 0 Å². The smallest absolute Gasteiger partial charge is 0.419 e. The molecule has 0 aliphatic rings. The predicted molar refractivity (Wildman–Crippen MR) is 99.6 cm³/mol. The van der Waals surface area contributed by atoms with Gasteiger partial charge in [-0.05, 0) is 36.8 Å². The van der Waals surface area contributed by atoms with Crippen LogP contribution in [0.25, 0.3) is 11.1 Å². The Balaban J connectivity index is 1.95. The SMILES string of the molecule is CCCn1c(=O)oc2cc(NS(=O)(=O)c3ccc(OC)c(Cl)c3)ccc21. The van der Waals surface area contributed by atoms with E-state index in [0.717, 1.165) is 6.42 Å². The number of oxazole rings is 1. The number of hydrogen-bond donors (Lipinski definition) is 1. The van der Waals surface area contributed by atoms with Crippen LogP contribution in [-0.2, 0) is 16.6 Å². The van der Waals surface area contributed by atoms with Gasteiger partial charge < -0.3 is 9.15 Å². The summed E-state index contributed by atoms with van der Waals surface area (Å²) in [6.07, 6.45) is 0.779. The minimum Gasteiger partial charge on any atom is -0.495 e. The van der Waals surface area contributed by atoms with Gasteiger partial charge in [0.15, 0.2) is 5.58 Å².